The van der Waals surface area contributed by atoms with Gasteiger partial charge < -0.3 is 15.8 Å². The number of carbonyl (C=O) groups excluding carboxylic acids is 1. The van der Waals surface area contributed by atoms with E-state index in [-0.39, 0.29) is 12.5 Å². The minimum atomic E-state index is -0.203. The number of carbonyl (C=O) groups is 1. The summed E-state index contributed by atoms with van der Waals surface area (Å²) in [5.41, 5.74) is 9.16. The lowest BCUT2D eigenvalue weighted by Crippen LogP contribution is -2.21. The van der Waals surface area contributed by atoms with Crippen molar-refractivity contribution in [1.82, 2.24) is 0 Å². The molecule has 3 N–H and O–H groups in total. The number of nitrogens with one attached hydrogen (secondary N) is 1. The summed E-state index contributed by atoms with van der Waals surface area (Å²) in [6.07, 6.45) is 0. The number of anilines is 2. The van der Waals surface area contributed by atoms with Crippen molar-refractivity contribution >= 4 is 17.3 Å². The van der Waals surface area contributed by atoms with Crippen LogP contribution < -0.4 is 15.8 Å². The summed E-state index contributed by atoms with van der Waals surface area (Å²) >= 11 is 0. The first kappa shape index (κ1) is 13.9. The number of nitrogens with two attached hydrogens (primary N) is 1. The standard InChI is InChI=1S/C16H18N2O2/c1-11-6-5-7-12(2)16(11)18-15(19)10-20-14-9-4-3-8-13(14)17/h3-9H,10,17H2,1-2H3,(H,18,19). The lowest BCUT2D eigenvalue weighted by atomic mass is 10.1. The van der Waals surface area contributed by atoms with Crippen LogP contribution in [0.15, 0.2) is 42.5 Å². The molecule has 0 fully saturated rings. The molecule has 0 heterocycles. The van der Waals surface area contributed by atoms with Crippen LogP contribution in [0.4, 0.5) is 11.4 Å². The maximum Gasteiger partial charge on any atom is 0.262 e. The normalized spacial score (nSPS) is 10.1. The molecule has 2 aromatic carbocycles. The van der Waals surface area contributed by atoms with Crippen LogP contribution in [-0.4, -0.2) is 12.5 Å². The molecule has 0 bridgehead atoms. The van der Waals surface area contributed by atoms with E-state index in [9.17, 15) is 4.79 Å². The first-order chi connectivity index (χ1) is 9.58. The predicted octanol–water partition coefficient (Wildman–Crippen LogP) is 2.90. The van der Waals surface area contributed by atoms with E-state index in [0.717, 1.165) is 16.8 Å². The van der Waals surface area contributed by atoms with E-state index in [0.29, 0.717) is 11.4 Å². The average Bonchev–Trinajstić information content (AvgIpc) is 2.42. The summed E-state index contributed by atoms with van der Waals surface area (Å²) in [5, 5.41) is 2.86. The molecule has 20 heavy (non-hydrogen) atoms. The third kappa shape index (κ3) is 3.29. The summed E-state index contributed by atoms with van der Waals surface area (Å²) in [6.45, 7) is 3.85. The first-order valence-electron chi connectivity index (χ1n) is 6.41. The molecule has 0 saturated heterocycles. The van der Waals surface area contributed by atoms with E-state index in [4.69, 9.17) is 10.5 Å². The molecule has 0 saturated carbocycles. The fraction of sp³-hybridized carbons (Fsp3) is 0.188. The highest BCUT2D eigenvalue weighted by Crippen LogP contribution is 2.21. The van der Waals surface area contributed by atoms with Crippen molar-refractivity contribution < 1.29 is 9.53 Å². The van der Waals surface area contributed by atoms with Crippen molar-refractivity contribution in [1.29, 1.82) is 0 Å². The fourth-order valence-electron chi connectivity index (χ4n) is 1.94. The topological polar surface area (TPSA) is 64.3 Å². The Morgan fingerprint density at radius 3 is 2.40 bits per heavy atom. The molecule has 0 aliphatic carbocycles. The molecule has 0 spiro atoms. The lowest BCUT2D eigenvalue weighted by molar-refractivity contribution is -0.118. The zero-order chi connectivity index (χ0) is 14.5. The smallest absolute Gasteiger partial charge is 0.262 e. The van der Waals surface area contributed by atoms with Crippen LogP contribution >= 0.6 is 0 Å². The zero-order valence-electron chi connectivity index (χ0n) is 11.6. The lowest BCUT2D eigenvalue weighted by Gasteiger charge is -2.12. The van der Waals surface area contributed by atoms with Crippen LogP contribution in [0, 0.1) is 13.8 Å². The zero-order valence-corrected chi connectivity index (χ0v) is 11.6. The van der Waals surface area contributed by atoms with Gasteiger partial charge in [0.1, 0.15) is 5.75 Å². The van der Waals surface area contributed by atoms with Crippen LogP contribution in [0.2, 0.25) is 0 Å². The Labute approximate surface area is 118 Å². The molecular weight excluding hydrogens is 252 g/mol. The average molecular weight is 270 g/mol. The Morgan fingerprint density at radius 2 is 1.75 bits per heavy atom. The third-order valence-electron chi connectivity index (χ3n) is 3.02. The summed E-state index contributed by atoms with van der Waals surface area (Å²) < 4.78 is 5.41. The van der Waals surface area contributed by atoms with Crippen molar-refractivity contribution in [3.8, 4) is 5.75 Å². The number of nitrogen functional groups attached to an aromatic ring is 1. The van der Waals surface area contributed by atoms with Gasteiger partial charge in [-0.15, -0.1) is 0 Å². The molecule has 0 radical (unpaired) electrons. The van der Waals surface area contributed by atoms with Crippen LogP contribution in [0.1, 0.15) is 11.1 Å². The number of amides is 1. The van der Waals surface area contributed by atoms with Gasteiger partial charge in [-0.2, -0.15) is 0 Å². The van der Waals surface area contributed by atoms with Crippen molar-refractivity contribution in [2.24, 2.45) is 0 Å². The van der Waals surface area contributed by atoms with E-state index in [2.05, 4.69) is 5.32 Å². The van der Waals surface area contributed by atoms with Crippen LogP contribution in [0.3, 0.4) is 0 Å². The number of para-hydroxylation sites is 3. The summed E-state index contributed by atoms with van der Waals surface area (Å²) in [5.74, 6) is 0.315. The van der Waals surface area contributed by atoms with Gasteiger partial charge in [-0.05, 0) is 37.1 Å². The maximum absolute atomic E-state index is 11.9. The van der Waals surface area contributed by atoms with Crippen LogP contribution in [-0.2, 0) is 4.79 Å². The largest absolute Gasteiger partial charge is 0.482 e. The summed E-state index contributed by atoms with van der Waals surface area (Å²) in [7, 11) is 0. The van der Waals surface area contributed by atoms with Crippen molar-refractivity contribution in [3.05, 3.63) is 53.6 Å². The summed E-state index contributed by atoms with van der Waals surface area (Å²) in [6, 6.07) is 13.0. The van der Waals surface area contributed by atoms with Gasteiger partial charge in [0.05, 0.1) is 5.69 Å². The van der Waals surface area contributed by atoms with Crippen molar-refractivity contribution in [2.75, 3.05) is 17.7 Å². The number of ether oxygens (including phenoxy) is 1. The minimum absolute atomic E-state index is 0.0675. The number of aryl methyl sites for hydroxylation is 2. The van der Waals surface area contributed by atoms with Crippen LogP contribution in [0.25, 0.3) is 0 Å². The van der Waals surface area contributed by atoms with E-state index >= 15 is 0 Å². The Balaban J connectivity index is 1.98. The molecule has 4 nitrogen and oxygen atoms in total. The second kappa shape index (κ2) is 6.10. The third-order valence-corrected chi connectivity index (χ3v) is 3.02. The number of benzene rings is 2. The quantitative estimate of drug-likeness (QED) is 0.840. The predicted molar refractivity (Wildman–Crippen MR) is 80.9 cm³/mol. The SMILES string of the molecule is Cc1cccc(C)c1NC(=O)COc1ccccc1N. The minimum Gasteiger partial charge on any atom is -0.482 e. The highest BCUT2D eigenvalue weighted by atomic mass is 16.5. The molecule has 0 aliphatic heterocycles. The monoisotopic (exact) mass is 270 g/mol. The van der Waals surface area contributed by atoms with Gasteiger partial charge in [0.2, 0.25) is 0 Å². The number of rotatable bonds is 4. The van der Waals surface area contributed by atoms with Gasteiger partial charge in [-0.25, -0.2) is 0 Å². The molecule has 104 valence electrons. The molecular formula is C16H18N2O2. The Bertz CT molecular complexity index is 603. The molecule has 0 atom stereocenters. The van der Waals surface area contributed by atoms with Gasteiger partial charge in [0.25, 0.3) is 5.91 Å². The highest BCUT2D eigenvalue weighted by Gasteiger charge is 2.08. The van der Waals surface area contributed by atoms with Gasteiger partial charge in [0, 0.05) is 5.69 Å². The fourth-order valence-corrected chi connectivity index (χ4v) is 1.94. The summed E-state index contributed by atoms with van der Waals surface area (Å²) in [4.78, 5) is 11.9. The second-order valence-corrected chi connectivity index (χ2v) is 4.64. The molecule has 2 rings (SSSR count). The van der Waals surface area contributed by atoms with Gasteiger partial charge in [-0.3, -0.25) is 4.79 Å². The van der Waals surface area contributed by atoms with Crippen molar-refractivity contribution in [3.63, 3.8) is 0 Å². The van der Waals surface area contributed by atoms with Gasteiger partial charge >= 0.3 is 0 Å². The first-order valence-corrected chi connectivity index (χ1v) is 6.41. The van der Waals surface area contributed by atoms with E-state index < -0.39 is 0 Å². The molecule has 0 unspecified atom stereocenters. The van der Waals surface area contributed by atoms with Gasteiger partial charge in [0.15, 0.2) is 6.61 Å². The van der Waals surface area contributed by atoms with E-state index in [1.807, 2.05) is 44.2 Å². The molecule has 2 aromatic rings. The number of hydrogen-bond donors (Lipinski definition) is 2. The Morgan fingerprint density at radius 1 is 1.10 bits per heavy atom. The van der Waals surface area contributed by atoms with E-state index in [1.54, 1.807) is 12.1 Å². The molecule has 4 heteroatoms. The highest BCUT2D eigenvalue weighted by molar-refractivity contribution is 5.93. The van der Waals surface area contributed by atoms with E-state index in [1.165, 1.54) is 0 Å². The Kier molecular flexibility index (Phi) is 4.25. The van der Waals surface area contributed by atoms with Crippen molar-refractivity contribution in [2.45, 2.75) is 13.8 Å². The number of hydrogen-bond acceptors (Lipinski definition) is 3. The molecule has 0 aromatic heterocycles. The Hall–Kier alpha value is -2.49. The van der Waals surface area contributed by atoms with Crippen LogP contribution in [0.5, 0.6) is 5.75 Å². The molecule has 1 amide bonds. The maximum atomic E-state index is 11.9. The van der Waals surface area contributed by atoms with Gasteiger partial charge in [-0.1, -0.05) is 30.3 Å². The molecule has 0 aliphatic rings. The second-order valence-electron chi connectivity index (χ2n) is 4.64.